The standard InChI is InChI=1S/C9H15N3/c1-9(2)5-7(9)12-6-8-10-3-4-11-8/h3-4,7,12H,5-6H2,1-2H3,(H,10,11). The van der Waals surface area contributed by atoms with Gasteiger partial charge in [0.15, 0.2) is 0 Å². The second-order valence-corrected chi connectivity index (χ2v) is 4.16. The molecule has 1 aromatic rings. The zero-order valence-corrected chi connectivity index (χ0v) is 7.59. The fraction of sp³-hybridized carbons (Fsp3) is 0.667. The second kappa shape index (κ2) is 2.59. The molecule has 0 radical (unpaired) electrons. The smallest absolute Gasteiger partial charge is 0.120 e. The van der Waals surface area contributed by atoms with E-state index in [2.05, 4.69) is 29.1 Å². The number of aromatic nitrogens is 2. The molecule has 3 heteroatoms. The maximum Gasteiger partial charge on any atom is 0.120 e. The fourth-order valence-electron chi connectivity index (χ4n) is 1.43. The Morgan fingerprint density at radius 2 is 2.50 bits per heavy atom. The average molecular weight is 165 g/mol. The van der Waals surface area contributed by atoms with Crippen LogP contribution >= 0.6 is 0 Å². The topological polar surface area (TPSA) is 40.7 Å². The Morgan fingerprint density at radius 1 is 1.75 bits per heavy atom. The quantitative estimate of drug-likeness (QED) is 0.708. The lowest BCUT2D eigenvalue weighted by Crippen LogP contribution is -2.20. The average Bonchev–Trinajstić information content (AvgIpc) is 2.54. The van der Waals surface area contributed by atoms with Crippen LogP contribution in [0.2, 0.25) is 0 Å². The molecule has 1 heterocycles. The number of H-pyrrole nitrogens is 1. The van der Waals surface area contributed by atoms with Crippen LogP contribution in [0.25, 0.3) is 0 Å². The molecule has 0 aromatic carbocycles. The predicted molar refractivity (Wildman–Crippen MR) is 47.6 cm³/mol. The summed E-state index contributed by atoms with van der Waals surface area (Å²) in [5, 5.41) is 3.46. The van der Waals surface area contributed by atoms with E-state index in [0.29, 0.717) is 11.5 Å². The number of hydrogen-bond donors (Lipinski definition) is 2. The molecule has 3 nitrogen and oxygen atoms in total. The molecule has 0 bridgehead atoms. The van der Waals surface area contributed by atoms with Gasteiger partial charge in [-0.25, -0.2) is 4.98 Å². The molecule has 1 atom stereocenters. The summed E-state index contributed by atoms with van der Waals surface area (Å²) in [5.74, 6) is 1.03. The lowest BCUT2D eigenvalue weighted by atomic mass is 10.2. The molecule has 0 amide bonds. The van der Waals surface area contributed by atoms with E-state index in [4.69, 9.17) is 0 Å². The van der Waals surface area contributed by atoms with Crippen LogP contribution in [0.1, 0.15) is 26.1 Å². The van der Waals surface area contributed by atoms with Gasteiger partial charge >= 0.3 is 0 Å². The molecular weight excluding hydrogens is 150 g/mol. The lowest BCUT2D eigenvalue weighted by molar-refractivity contribution is 0.535. The van der Waals surface area contributed by atoms with Crippen LogP contribution in [0, 0.1) is 5.41 Å². The largest absolute Gasteiger partial charge is 0.348 e. The van der Waals surface area contributed by atoms with Crippen LogP contribution in [0.5, 0.6) is 0 Å². The van der Waals surface area contributed by atoms with Crippen LogP contribution in [0.3, 0.4) is 0 Å². The van der Waals surface area contributed by atoms with Gasteiger partial charge in [-0.15, -0.1) is 0 Å². The summed E-state index contributed by atoms with van der Waals surface area (Å²) in [4.78, 5) is 7.22. The highest BCUT2D eigenvalue weighted by Gasteiger charge is 2.45. The van der Waals surface area contributed by atoms with Crippen molar-refractivity contribution in [1.82, 2.24) is 15.3 Å². The Hall–Kier alpha value is -0.830. The summed E-state index contributed by atoms with van der Waals surface area (Å²) in [5.41, 5.74) is 0.507. The van der Waals surface area contributed by atoms with Gasteiger partial charge < -0.3 is 10.3 Å². The SMILES string of the molecule is CC1(C)CC1NCc1ncc[nH]1. The Bertz CT molecular complexity index is 251. The van der Waals surface area contributed by atoms with Gasteiger partial charge in [0, 0.05) is 18.4 Å². The van der Waals surface area contributed by atoms with Crippen molar-refractivity contribution in [3.63, 3.8) is 0 Å². The number of rotatable bonds is 3. The van der Waals surface area contributed by atoms with Gasteiger partial charge in [-0.2, -0.15) is 0 Å². The molecule has 0 spiro atoms. The molecule has 2 N–H and O–H groups in total. The second-order valence-electron chi connectivity index (χ2n) is 4.16. The van der Waals surface area contributed by atoms with E-state index < -0.39 is 0 Å². The Kier molecular flexibility index (Phi) is 1.68. The van der Waals surface area contributed by atoms with E-state index >= 15 is 0 Å². The van der Waals surface area contributed by atoms with Gasteiger partial charge in [0.05, 0.1) is 6.54 Å². The third kappa shape index (κ3) is 1.50. The molecule has 1 saturated carbocycles. The van der Waals surface area contributed by atoms with Crippen LogP contribution in [-0.2, 0) is 6.54 Å². The molecule has 0 saturated heterocycles. The third-order valence-electron chi connectivity index (χ3n) is 2.58. The van der Waals surface area contributed by atoms with Crippen molar-refractivity contribution < 1.29 is 0 Å². The normalized spacial score (nSPS) is 25.7. The summed E-state index contributed by atoms with van der Waals surface area (Å²) in [6.45, 7) is 5.43. The minimum Gasteiger partial charge on any atom is -0.348 e. The highest BCUT2D eigenvalue weighted by Crippen LogP contribution is 2.44. The van der Waals surface area contributed by atoms with Crippen LogP contribution in [0.4, 0.5) is 0 Å². The Balaban J connectivity index is 1.78. The number of hydrogen-bond acceptors (Lipinski definition) is 2. The summed E-state index contributed by atoms with van der Waals surface area (Å²) >= 11 is 0. The number of nitrogens with one attached hydrogen (secondary N) is 2. The molecule has 2 rings (SSSR count). The molecule has 1 unspecified atom stereocenters. The van der Waals surface area contributed by atoms with Crippen molar-refractivity contribution in [3.05, 3.63) is 18.2 Å². The lowest BCUT2D eigenvalue weighted by Gasteiger charge is -2.03. The third-order valence-corrected chi connectivity index (χ3v) is 2.58. The maximum absolute atomic E-state index is 4.15. The highest BCUT2D eigenvalue weighted by molar-refractivity contribution is 5.02. The van der Waals surface area contributed by atoms with E-state index in [1.54, 1.807) is 6.20 Å². The molecular formula is C9H15N3. The van der Waals surface area contributed by atoms with E-state index in [-0.39, 0.29) is 0 Å². The van der Waals surface area contributed by atoms with Gasteiger partial charge in [-0.3, -0.25) is 0 Å². The van der Waals surface area contributed by atoms with Crippen molar-refractivity contribution in [1.29, 1.82) is 0 Å². The zero-order chi connectivity index (χ0) is 8.60. The first-order chi connectivity index (χ1) is 5.68. The molecule has 0 aliphatic heterocycles. The summed E-state index contributed by atoms with van der Waals surface area (Å²) in [7, 11) is 0. The predicted octanol–water partition coefficient (Wildman–Crippen LogP) is 1.30. The molecule has 1 aromatic heterocycles. The summed E-state index contributed by atoms with van der Waals surface area (Å²) in [6, 6.07) is 0.683. The van der Waals surface area contributed by atoms with Gasteiger partial charge in [0.1, 0.15) is 5.82 Å². The number of imidazole rings is 1. The van der Waals surface area contributed by atoms with Crippen molar-refractivity contribution in [2.45, 2.75) is 32.9 Å². The zero-order valence-electron chi connectivity index (χ0n) is 7.59. The highest BCUT2D eigenvalue weighted by atomic mass is 15.0. The van der Waals surface area contributed by atoms with Gasteiger partial charge in [-0.05, 0) is 11.8 Å². The number of aromatic amines is 1. The van der Waals surface area contributed by atoms with Crippen LogP contribution in [-0.4, -0.2) is 16.0 Å². The van der Waals surface area contributed by atoms with Gasteiger partial charge in [0.25, 0.3) is 0 Å². The first kappa shape index (κ1) is 7.80. The monoisotopic (exact) mass is 165 g/mol. The van der Waals surface area contributed by atoms with Crippen LogP contribution < -0.4 is 5.32 Å². The van der Waals surface area contributed by atoms with Crippen molar-refractivity contribution in [2.24, 2.45) is 5.41 Å². The molecule has 12 heavy (non-hydrogen) atoms. The van der Waals surface area contributed by atoms with E-state index in [1.165, 1.54) is 6.42 Å². The fourth-order valence-corrected chi connectivity index (χ4v) is 1.43. The maximum atomic E-state index is 4.15. The first-order valence-electron chi connectivity index (χ1n) is 4.40. The van der Waals surface area contributed by atoms with Crippen LogP contribution in [0.15, 0.2) is 12.4 Å². The molecule has 1 aliphatic rings. The van der Waals surface area contributed by atoms with E-state index in [0.717, 1.165) is 12.4 Å². The number of nitrogens with zero attached hydrogens (tertiary/aromatic N) is 1. The van der Waals surface area contributed by atoms with E-state index in [1.807, 2.05) is 6.20 Å². The molecule has 1 aliphatic carbocycles. The van der Waals surface area contributed by atoms with Gasteiger partial charge in [-0.1, -0.05) is 13.8 Å². The molecule has 1 fully saturated rings. The minimum atomic E-state index is 0.507. The molecule has 66 valence electrons. The Labute approximate surface area is 72.6 Å². The Morgan fingerprint density at radius 3 is 3.00 bits per heavy atom. The van der Waals surface area contributed by atoms with Crippen molar-refractivity contribution >= 4 is 0 Å². The van der Waals surface area contributed by atoms with Crippen molar-refractivity contribution in [2.75, 3.05) is 0 Å². The van der Waals surface area contributed by atoms with Crippen molar-refractivity contribution in [3.8, 4) is 0 Å². The summed E-state index contributed by atoms with van der Waals surface area (Å²) < 4.78 is 0. The van der Waals surface area contributed by atoms with E-state index in [9.17, 15) is 0 Å². The van der Waals surface area contributed by atoms with Gasteiger partial charge in [0.2, 0.25) is 0 Å². The summed E-state index contributed by atoms with van der Waals surface area (Å²) in [6.07, 6.45) is 4.93. The first-order valence-corrected chi connectivity index (χ1v) is 4.40. The minimum absolute atomic E-state index is 0.507.